The summed E-state index contributed by atoms with van der Waals surface area (Å²) in [4.78, 5) is 24.2. The van der Waals surface area contributed by atoms with Gasteiger partial charge < -0.3 is 19.5 Å². The monoisotopic (exact) mass is 369 g/mol. The summed E-state index contributed by atoms with van der Waals surface area (Å²) in [6.45, 7) is 9.60. The molecule has 0 saturated heterocycles. The van der Waals surface area contributed by atoms with Gasteiger partial charge in [-0.3, -0.25) is 0 Å². The van der Waals surface area contributed by atoms with Crippen molar-refractivity contribution in [2.45, 2.75) is 97.0 Å². The van der Waals surface area contributed by atoms with E-state index in [0.717, 1.165) is 19.4 Å². The fourth-order valence-corrected chi connectivity index (χ4v) is 3.37. The number of hydrogen-bond donors (Lipinski definition) is 1. The lowest BCUT2D eigenvalue weighted by Crippen LogP contribution is -2.45. The molecule has 1 amide bonds. The van der Waals surface area contributed by atoms with E-state index in [2.05, 4.69) is 5.32 Å². The van der Waals surface area contributed by atoms with Crippen LogP contribution >= 0.6 is 0 Å². The molecule has 0 bridgehead atoms. The van der Waals surface area contributed by atoms with E-state index >= 15 is 0 Å². The van der Waals surface area contributed by atoms with Crippen LogP contribution in [0.1, 0.15) is 73.1 Å². The molecule has 2 rings (SSSR count). The van der Waals surface area contributed by atoms with Gasteiger partial charge in [0.1, 0.15) is 17.7 Å². The molecule has 0 aliphatic heterocycles. The van der Waals surface area contributed by atoms with Gasteiger partial charge in [0.25, 0.3) is 0 Å². The largest absolute Gasteiger partial charge is 0.458 e. The Labute approximate surface area is 157 Å². The first-order valence-corrected chi connectivity index (χ1v) is 9.97. The predicted molar refractivity (Wildman–Crippen MR) is 98.8 cm³/mol. The van der Waals surface area contributed by atoms with Crippen LogP contribution in [0.15, 0.2) is 0 Å². The number of alkyl carbamates (subject to hydrolysis) is 1. The van der Waals surface area contributed by atoms with Crippen molar-refractivity contribution < 1.29 is 23.8 Å². The second-order valence-corrected chi connectivity index (χ2v) is 8.80. The number of amides is 1. The van der Waals surface area contributed by atoms with E-state index in [1.54, 1.807) is 27.7 Å². The molecular weight excluding hydrogens is 334 g/mol. The number of ether oxygens (including phenoxy) is 3. The first-order chi connectivity index (χ1) is 12.2. The Morgan fingerprint density at radius 3 is 2.23 bits per heavy atom. The maximum atomic E-state index is 12.4. The minimum atomic E-state index is -0.764. The summed E-state index contributed by atoms with van der Waals surface area (Å²) >= 11 is 0. The number of esters is 1. The molecule has 6 nitrogen and oxygen atoms in total. The molecule has 1 N–H and O–H groups in total. The highest BCUT2D eigenvalue weighted by molar-refractivity contribution is 5.81. The van der Waals surface area contributed by atoms with Crippen molar-refractivity contribution in [3.63, 3.8) is 0 Å². The Morgan fingerprint density at radius 2 is 1.69 bits per heavy atom. The SMILES string of the molecule is CC(OC(=O)[C@H](C)NC(=O)OC(C)(C)C)[C@H](OCC1CC1)C1CCCC1. The van der Waals surface area contributed by atoms with Gasteiger partial charge in [-0.2, -0.15) is 0 Å². The number of carbonyl (C=O) groups excluding carboxylic acids is 2. The van der Waals surface area contributed by atoms with E-state index < -0.39 is 23.7 Å². The minimum Gasteiger partial charge on any atom is -0.458 e. The lowest BCUT2D eigenvalue weighted by Gasteiger charge is -2.30. The van der Waals surface area contributed by atoms with Crippen molar-refractivity contribution >= 4 is 12.1 Å². The van der Waals surface area contributed by atoms with E-state index in [0.29, 0.717) is 11.8 Å². The highest BCUT2D eigenvalue weighted by Crippen LogP contribution is 2.34. The van der Waals surface area contributed by atoms with Gasteiger partial charge >= 0.3 is 12.1 Å². The fourth-order valence-electron chi connectivity index (χ4n) is 3.37. The minimum absolute atomic E-state index is 0.0595. The molecule has 0 aromatic rings. The summed E-state index contributed by atoms with van der Waals surface area (Å²) in [6.07, 6.45) is 6.16. The zero-order chi connectivity index (χ0) is 19.3. The van der Waals surface area contributed by atoms with Gasteiger partial charge in [0.05, 0.1) is 6.10 Å². The van der Waals surface area contributed by atoms with Gasteiger partial charge in [-0.1, -0.05) is 12.8 Å². The number of hydrogen-bond acceptors (Lipinski definition) is 5. The lowest BCUT2D eigenvalue weighted by atomic mass is 9.96. The second-order valence-electron chi connectivity index (χ2n) is 8.80. The summed E-state index contributed by atoms with van der Waals surface area (Å²) in [6, 6.07) is -0.764. The van der Waals surface area contributed by atoms with Gasteiger partial charge in [0, 0.05) is 6.61 Å². The van der Waals surface area contributed by atoms with Gasteiger partial charge in [-0.15, -0.1) is 0 Å². The topological polar surface area (TPSA) is 73.9 Å². The van der Waals surface area contributed by atoms with Crippen LogP contribution in [0.3, 0.4) is 0 Å². The molecule has 0 radical (unpaired) electrons. The van der Waals surface area contributed by atoms with Gasteiger partial charge in [-0.25, -0.2) is 9.59 Å². The molecule has 2 saturated carbocycles. The van der Waals surface area contributed by atoms with Crippen LogP contribution < -0.4 is 5.32 Å². The van der Waals surface area contributed by atoms with Crippen molar-refractivity contribution in [1.82, 2.24) is 5.32 Å². The lowest BCUT2D eigenvalue weighted by molar-refractivity contribution is -0.161. The third kappa shape index (κ3) is 7.14. The van der Waals surface area contributed by atoms with E-state index in [1.165, 1.54) is 25.7 Å². The zero-order valence-electron chi connectivity index (χ0n) is 16.9. The highest BCUT2D eigenvalue weighted by Gasteiger charge is 2.35. The van der Waals surface area contributed by atoms with E-state index in [9.17, 15) is 9.59 Å². The molecule has 2 fully saturated rings. The van der Waals surface area contributed by atoms with Crippen LogP contribution in [0, 0.1) is 11.8 Å². The Balaban J connectivity index is 1.84. The molecular formula is C20H35NO5. The van der Waals surface area contributed by atoms with Gasteiger partial charge in [0.2, 0.25) is 0 Å². The van der Waals surface area contributed by atoms with Crippen molar-refractivity contribution in [1.29, 1.82) is 0 Å². The summed E-state index contributed by atoms with van der Waals surface area (Å²) in [7, 11) is 0. The summed E-state index contributed by atoms with van der Waals surface area (Å²) in [5.74, 6) is 0.668. The first-order valence-electron chi connectivity index (χ1n) is 9.97. The smallest absolute Gasteiger partial charge is 0.408 e. The zero-order valence-corrected chi connectivity index (χ0v) is 16.9. The second kappa shape index (κ2) is 9.07. The van der Waals surface area contributed by atoms with E-state index in [4.69, 9.17) is 14.2 Å². The molecule has 2 aliphatic rings. The summed E-state index contributed by atoms with van der Waals surface area (Å²) in [5.41, 5.74) is -0.606. The molecule has 0 aromatic carbocycles. The van der Waals surface area contributed by atoms with Crippen molar-refractivity contribution in [3.05, 3.63) is 0 Å². The van der Waals surface area contributed by atoms with E-state index in [-0.39, 0.29) is 12.2 Å². The average Bonchev–Trinajstić information content (AvgIpc) is 3.18. The number of rotatable bonds is 8. The normalized spacial score (nSPS) is 21.7. The quantitative estimate of drug-likeness (QED) is 0.659. The molecule has 6 heteroatoms. The van der Waals surface area contributed by atoms with Crippen LogP contribution in [0.2, 0.25) is 0 Å². The molecule has 0 aromatic heterocycles. The Kier molecular flexibility index (Phi) is 7.33. The molecule has 3 atom stereocenters. The standard InChI is InChI=1S/C20H35NO5/c1-13(21-19(23)26-20(3,4)5)18(22)25-14(2)17(16-8-6-7-9-16)24-12-15-10-11-15/h13-17H,6-12H2,1-5H3,(H,21,23)/t13-,14?,17-/m0/s1. The summed E-state index contributed by atoms with van der Waals surface area (Å²) < 4.78 is 17.0. The third-order valence-corrected chi connectivity index (χ3v) is 4.94. The van der Waals surface area contributed by atoms with Gasteiger partial charge in [-0.05, 0) is 72.1 Å². The maximum absolute atomic E-state index is 12.4. The van der Waals surface area contributed by atoms with Crippen LogP contribution in [0.4, 0.5) is 4.79 Å². The fraction of sp³-hybridized carbons (Fsp3) is 0.900. The van der Waals surface area contributed by atoms with Crippen molar-refractivity contribution in [2.24, 2.45) is 11.8 Å². The first kappa shape index (κ1) is 21.0. The molecule has 0 heterocycles. The number of nitrogens with one attached hydrogen (secondary N) is 1. The third-order valence-electron chi connectivity index (χ3n) is 4.94. The van der Waals surface area contributed by atoms with Gasteiger partial charge in [0.15, 0.2) is 0 Å². The molecule has 26 heavy (non-hydrogen) atoms. The molecule has 1 unspecified atom stereocenters. The van der Waals surface area contributed by atoms with Crippen LogP contribution in [0.25, 0.3) is 0 Å². The van der Waals surface area contributed by atoms with Crippen molar-refractivity contribution in [3.8, 4) is 0 Å². The molecule has 0 spiro atoms. The summed E-state index contributed by atoms with van der Waals surface area (Å²) in [5, 5.41) is 2.53. The maximum Gasteiger partial charge on any atom is 0.408 e. The average molecular weight is 370 g/mol. The molecule has 2 aliphatic carbocycles. The van der Waals surface area contributed by atoms with Crippen LogP contribution in [0.5, 0.6) is 0 Å². The Morgan fingerprint density at radius 1 is 1.08 bits per heavy atom. The van der Waals surface area contributed by atoms with Crippen LogP contribution in [-0.4, -0.2) is 42.5 Å². The number of carbonyl (C=O) groups is 2. The molecule has 150 valence electrons. The Bertz CT molecular complexity index is 477. The van der Waals surface area contributed by atoms with E-state index in [1.807, 2.05) is 6.92 Å². The highest BCUT2D eigenvalue weighted by atomic mass is 16.6. The van der Waals surface area contributed by atoms with Crippen LogP contribution in [-0.2, 0) is 19.0 Å². The predicted octanol–water partition coefficient (Wildman–Crippen LogP) is 3.82. The van der Waals surface area contributed by atoms with Crippen molar-refractivity contribution in [2.75, 3.05) is 6.61 Å². The Hall–Kier alpha value is -1.30.